The summed E-state index contributed by atoms with van der Waals surface area (Å²) in [5, 5.41) is 9.18. The van der Waals surface area contributed by atoms with Crippen LogP contribution in [0.3, 0.4) is 0 Å². The lowest BCUT2D eigenvalue weighted by atomic mass is 10.3. The normalized spacial score (nSPS) is 11.5. The molecular formula is C11H14N4O3S. The van der Waals surface area contributed by atoms with Gasteiger partial charge in [-0.3, -0.25) is 0 Å². The molecule has 0 saturated heterocycles. The van der Waals surface area contributed by atoms with Gasteiger partial charge in [0.2, 0.25) is 15.9 Å². The van der Waals surface area contributed by atoms with Crippen molar-refractivity contribution in [2.24, 2.45) is 12.2 Å². The first-order chi connectivity index (χ1) is 8.77. The zero-order valence-electron chi connectivity index (χ0n) is 10.5. The van der Waals surface area contributed by atoms with Gasteiger partial charge in [-0.2, -0.15) is 5.10 Å². The molecule has 0 spiro atoms. The second-order valence-electron chi connectivity index (χ2n) is 4.09. The standard InChI is InChI=1S/C11H14N4O3S/c1-7-5-11(15(2)14-7)18-10-6-8(19(13,16)17)3-4-9(10)12/h3-6H,12H2,1-2H3,(H2,13,16,17). The Labute approximate surface area is 110 Å². The Morgan fingerprint density at radius 3 is 2.53 bits per heavy atom. The van der Waals surface area contributed by atoms with Gasteiger partial charge in [-0.25, -0.2) is 18.2 Å². The smallest absolute Gasteiger partial charge is 0.238 e. The van der Waals surface area contributed by atoms with Gasteiger partial charge in [0.1, 0.15) is 0 Å². The molecule has 102 valence electrons. The molecule has 0 aliphatic carbocycles. The highest BCUT2D eigenvalue weighted by molar-refractivity contribution is 7.89. The Bertz CT molecular complexity index is 722. The second kappa shape index (κ2) is 4.56. The number of sulfonamides is 1. The van der Waals surface area contributed by atoms with Crippen molar-refractivity contribution in [3.05, 3.63) is 30.0 Å². The monoisotopic (exact) mass is 282 g/mol. The van der Waals surface area contributed by atoms with Crippen molar-refractivity contribution in [3.8, 4) is 11.6 Å². The van der Waals surface area contributed by atoms with Crippen LogP contribution in [0.5, 0.6) is 11.6 Å². The summed E-state index contributed by atoms with van der Waals surface area (Å²) in [4.78, 5) is -0.0596. The van der Waals surface area contributed by atoms with Gasteiger partial charge < -0.3 is 10.5 Å². The molecule has 1 heterocycles. The number of nitrogens with zero attached hydrogens (tertiary/aromatic N) is 2. The molecule has 0 radical (unpaired) electrons. The largest absolute Gasteiger partial charge is 0.437 e. The van der Waals surface area contributed by atoms with Crippen LogP contribution < -0.4 is 15.6 Å². The van der Waals surface area contributed by atoms with Crippen molar-refractivity contribution in [3.63, 3.8) is 0 Å². The number of nitrogen functional groups attached to an aromatic ring is 1. The third kappa shape index (κ3) is 2.85. The topological polar surface area (TPSA) is 113 Å². The van der Waals surface area contributed by atoms with Crippen molar-refractivity contribution in [1.82, 2.24) is 9.78 Å². The molecule has 0 aliphatic heterocycles. The van der Waals surface area contributed by atoms with E-state index in [1.54, 1.807) is 13.1 Å². The Hall–Kier alpha value is -2.06. The predicted molar refractivity (Wildman–Crippen MR) is 70.2 cm³/mol. The summed E-state index contributed by atoms with van der Waals surface area (Å²) in [6.45, 7) is 1.82. The summed E-state index contributed by atoms with van der Waals surface area (Å²) in [5.41, 5.74) is 6.84. The molecule has 0 aliphatic rings. The number of nitrogens with two attached hydrogens (primary N) is 2. The summed E-state index contributed by atoms with van der Waals surface area (Å²) in [6.07, 6.45) is 0. The van der Waals surface area contributed by atoms with Gasteiger partial charge in [0.15, 0.2) is 5.75 Å². The van der Waals surface area contributed by atoms with E-state index in [1.165, 1.54) is 22.9 Å². The minimum Gasteiger partial charge on any atom is -0.437 e. The fourth-order valence-corrected chi connectivity index (χ4v) is 2.10. The van der Waals surface area contributed by atoms with Crippen molar-refractivity contribution in [1.29, 1.82) is 0 Å². The van der Waals surface area contributed by atoms with Gasteiger partial charge in [0.05, 0.1) is 16.3 Å². The van der Waals surface area contributed by atoms with Crippen LogP contribution in [0.2, 0.25) is 0 Å². The number of aryl methyl sites for hydroxylation is 2. The lowest BCUT2D eigenvalue weighted by Gasteiger charge is -2.09. The van der Waals surface area contributed by atoms with E-state index in [2.05, 4.69) is 5.10 Å². The first-order valence-corrected chi connectivity index (χ1v) is 6.93. The molecule has 19 heavy (non-hydrogen) atoms. The van der Waals surface area contributed by atoms with E-state index in [-0.39, 0.29) is 10.6 Å². The molecule has 2 rings (SSSR count). The van der Waals surface area contributed by atoms with Gasteiger partial charge in [0.25, 0.3) is 0 Å². The third-order valence-electron chi connectivity index (χ3n) is 2.49. The summed E-state index contributed by atoms with van der Waals surface area (Å²) in [6, 6.07) is 5.75. The summed E-state index contributed by atoms with van der Waals surface area (Å²) in [5.74, 6) is 0.672. The Kier molecular flexibility index (Phi) is 3.21. The average Bonchev–Trinajstić information content (AvgIpc) is 2.59. The third-order valence-corrected chi connectivity index (χ3v) is 3.40. The molecule has 0 amide bonds. The summed E-state index contributed by atoms with van der Waals surface area (Å²) in [7, 11) is -2.09. The van der Waals surface area contributed by atoms with Crippen LogP contribution in [-0.4, -0.2) is 18.2 Å². The predicted octanol–water partition coefficient (Wildman–Crippen LogP) is 0.750. The molecule has 0 saturated carbocycles. The molecular weight excluding hydrogens is 268 g/mol. The minimum atomic E-state index is -3.80. The average molecular weight is 282 g/mol. The number of hydrogen-bond donors (Lipinski definition) is 2. The zero-order valence-corrected chi connectivity index (χ0v) is 11.3. The Balaban J connectivity index is 2.42. The van der Waals surface area contributed by atoms with E-state index in [1.807, 2.05) is 6.92 Å². The van der Waals surface area contributed by atoms with Crippen LogP contribution in [0, 0.1) is 6.92 Å². The Morgan fingerprint density at radius 1 is 1.32 bits per heavy atom. The molecule has 1 aromatic heterocycles. The number of primary sulfonamides is 1. The highest BCUT2D eigenvalue weighted by Gasteiger charge is 2.13. The summed E-state index contributed by atoms with van der Waals surface area (Å²) < 4.78 is 29.6. The van der Waals surface area contributed by atoms with E-state index in [4.69, 9.17) is 15.6 Å². The highest BCUT2D eigenvalue weighted by Crippen LogP contribution is 2.29. The second-order valence-corrected chi connectivity index (χ2v) is 5.66. The number of aromatic nitrogens is 2. The SMILES string of the molecule is Cc1cc(Oc2cc(S(N)(=O)=O)ccc2N)n(C)n1. The molecule has 0 bridgehead atoms. The van der Waals surface area contributed by atoms with Crippen molar-refractivity contribution >= 4 is 15.7 Å². The van der Waals surface area contributed by atoms with Gasteiger partial charge in [0, 0.05) is 19.2 Å². The van der Waals surface area contributed by atoms with E-state index in [0.717, 1.165) is 5.69 Å². The van der Waals surface area contributed by atoms with Crippen molar-refractivity contribution < 1.29 is 13.2 Å². The van der Waals surface area contributed by atoms with E-state index in [9.17, 15) is 8.42 Å². The maximum Gasteiger partial charge on any atom is 0.238 e. The molecule has 0 fully saturated rings. The van der Waals surface area contributed by atoms with Crippen LogP contribution in [0.25, 0.3) is 0 Å². The maximum absolute atomic E-state index is 11.3. The lowest BCUT2D eigenvalue weighted by Crippen LogP contribution is -2.12. The van der Waals surface area contributed by atoms with Crippen LogP contribution in [-0.2, 0) is 17.1 Å². The maximum atomic E-state index is 11.3. The van der Waals surface area contributed by atoms with E-state index >= 15 is 0 Å². The number of anilines is 1. The minimum absolute atomic E-state index is 0.0596. The highest BCUT2D eigenvalue weighted by atomic mass is 32.2. The van der Waals surface area contributed by atoms with E-state index < -0.39 is 10.0 Å². The number of ether oxygens (including phenoxy) is 1. The number of rotatable bonds is 3. The van der Waals surface area contributed by atoms with Gasteiger partial charge in [-0.1, -0.05) is 0 Å². The fourth-order valence-electron chi connectivity index (χ4n) is 1.58. The number of hydrogen-bond acceptors (Lipinski definition) is 5. The quantitative estimate of drug-likeness (QED) is 0.806. The zero-order chi connectivity index (χ0) is 14.2. The number of benzene rings is 1. The molecule has 0 atom stereocenters. The van der Waals surface area contributed by atoms with Crippen LogP contribution in [0.1, 0.15) is 5.69 Å². The van der Waals surface area contributed by atoms with E-state index in [0.29, 0.717) is 11.6 Å². The van der Waals surface area contributed by atoms with Crippen LogP contribution in [0.4, 0.5) is 5.69 Å². The van der Waals surface area contributed by atoms with Crippen LogP contribution in [0.15, 0.2) is 29.2 Å². The molecule has 8 heteroatoms. The van der Waals surface area contributed by atoms with Gasteiger partial charge >= 0.3 is 0 Å². The van der Waals surface area contributed by atoms with Crippen LogP contribution >= 0.6 is 0 Å². The first kappa shape index (κ1) is 13.4. The first-order valence-electron chi connectivity index (χ1n) is 5.38. The summed E-state index contributed by atoms with van der Waals surface area (Å²) >= 11 is 0. The molecule has 4 N–H and O–H groups in total. The molecule has 2 aromatic rings. The van der Waals surface area contributed by atoms with Gasteiger partial charge in [-0.05, 0) is 19.1 Å². The van der Waals surface area contributed by atoms with Crippen molar-refractivity contribution in [2.75, 3.05) is 5.73 Å². The molecule has 0 unspecified atom stereocenters. The van der Waals surface area contributed by atoms with Gasteiger partial charge in [-0.15, -0.1) is 0 Å². The lowest BCUT2D eigenvalue weighted by molar-refractivity contribution is 0.431. The molecule has 1 aromatic carbocycles. The fraction of sp³-hybridized carbons (Fsp3) is 0.182. The molecule has 7 nitrogen and oxygen atoms in total. The Morgan fingerprint density at radius 2 is 2.00 bits per heavy atom. The van der Waals surface area contributed by atoms with Crippen molar-refractivity contribution in [2.45, 2.75) is 11.8 Å².